The highest BCUT2D eigenvalue weighted by Crippen LogP contribution is 2.36. The molecule has 3 N–H and O–H groups in total. The minimum Gasteiger partial charge on any atom is -0.385 e. The number of hydrogen-bond acceptors (Lipinski definition) is 7. The first-order valence-electron chi connectivity index (χ1n) is 6.68. The molecule has 0 aromatic heterocycles. The Kier molecular flexibility index (Phi) is 24.4. The van der Waals surface area contributed by atoms with Crippen molar-refractivity contribution in [1.82, 2.24) is 0 Å². The predicted molar refractivity (Wildman–Crippen MR) is 95.3 cm³/mol. The van der Waals surface area contributed by atoms with Gasteiger partial charge in [0.05, 0.1) is 0 Å². The lowest BCUT2D eigenvalue weighted by atomic mass is 10.9. The third kappa shape index (κ3) is 66.7. The Morgan fingerprint density at radius 3 is 1.12 bits per heavy atom. The van der Waals surface area contributed by atoms with Gasteiger partial charge in [-0.1, -0.05) is 6.92 Å². The average molecular weight is 418 g/mol. The highest BCUT2D eigenvalue weighted by molar-refractivity contribution is 7.57. The summed E-state index contributed by atoms with van der Waals surface area (Å²) in [6.45, 7) is 7.93. The Morgan fingerprint density at radius 2 is 1.08 bits per heavy atom. The third-order valence-corrected chi connectivity index (χ3v) is 4.06. The van der Waals surface area contributed by atoms with E-state index in [0.717, 1.165) is 19.9 Å². The summed E-state index contributed by atoms with van der Waals surface area (Å²) in [6, 6.07) is 0. The smallest absolute Gasteiger partial charge is 0.327 e. The molecule has 0 bridgehead atoms. The van der Waals surface area contributed by atoms with Crippen molar-refractivity contribution < 1.29 is 46.9 Å². The molecule has 0 aromatic rings. The molecule has 0 aliphatic heterocycles. The minimum atomic E-state index is -3.31. The molecule has 0 fully saturated rings. The largest absolute Gasteiger partial charge is 0.385 e. The van der Waals surface area contributed by atoms with Crippen LogP contribution in [0.15, 0.2) is 0 Å². The van der Waals surface area contributed by atoms with E-state index >= 15 is 0 Å². The van der Waals surface area contributed by atoms with Gasteiger partial charge in [0.15, 0.2) is 14.2 Å². The molecule has 0 saturated carbocycles. The van der Waals surface area contributed by atoms with Crippen LogP contribution in [0.2, 0.25) is 0 Å². The lowest BCUT2D eigenvalue weighted by molar-refractivity contribution is 0.0441. The topological polar surface area (TPSA) is 149 Å². The van der Waals surface area contributed by atoms with Gasteiger partial charge in [-0.15, -0.1) is 0 Å². The third-order valence-electron chi connectivity index (χ3n) is 1.62. The number of ether oxygens (including phenoxy) is 2. The molecule has 152 valence electrons. The fourth-order valence-electron chi connectivity index (χ4n) is 0.150. The van der Waals surface area contributed by atoms with Crippen LogP contribution in [0.1, 0.15) is 13.8 Å². The molecule has 24 heavy (non-hydrogen) atoms. The van der Waals surface area contributed by atoms with Crippen molar-refractivity contribution in [2.24, 2.45) is 0 Å². The van der Waals surface area contributed by atoms with Crippen LogP contribution in [0.4, 0.5) is 0 Å². The van der Waals surface area contributed by atoms with E-state index < -0.39 is 22.6 Å². The molecular weight excluding hydrogens is 385 g/mol. The van der Waals surface area contributed by atoms with Crippen LogP contribution in [0, 0.1) is 0 Å². The first kappa shape index (κ1) is 32.1. The van der Waals surface area contributed by atoms with Crippen LogP contribution >= 0.6 is 22.6 Å². The standard InChI is InChI=1S/C3H9O4P.C3H9O2P.C3H8O.C2H7O3P/c1-6-3-7-8(2,4)5;1-3-6(2,4)5;1-3-4-2;1-5-6(2,3)4/h3H2,1-2H3,(H,4,5);3H2,1-2H3,(H,4,5);3H2,1-2H3;1-2H3,(H,3,4). The monoisotopic (exact) mass is 418 g/mol. The molecule has 0 aromatic carbocycles. The SMILES string of the molecule is CCOC.CCP(C)(=O)O.COCOP(C)(=O)O.COP(C)(=O)O. The van der Waals surface area contributed by atoms with Gasteiger partial charge in [0.25, 0.3) is 0 Å². The predicted octanol–water partition coefficient (Wildman–Crippen LogP) is 2.43. The van der Waals surface area contributed by atoms with Gasteiger partial charge in [-0.05, 0) is 6.92 Å². The van der Waals surface area contributed by atoms with Gasteiger partial charge >= 0.3 is 15.2 Å². The molecule has 0 rings (SSSR count). The Balaban J connectivity index is -0.000000114. The van der Waals surface area contributed by atoms with E-state index in [1.54, 1.807) is 14.0 Å². The summed E-state index contributed by atoms with van der Waals surface area (Å²) in [6.07, 6.45) is 0.382. The first-order valence-corrected chi connectivity index (χ1v) is 13.0. The van der Waals surface area contributed by atoms with E-state index in [4.69, 9.17) is 14.7 Å². The quantitative estimate of drug-likeness (QED) is 0.434. The van der Waals surface area contributed by atoms with Gasteiger partial charge < -0.3 is 28.7 Å². The van der Waals surface area contributed by atoms with Crippen molar-refractivity contribution in [2.45, 2.75) is 13.8 Å². The maximum absolute atomic E-state index is 10.2. The van der Waals surface area contributed by atoms with Crippen LogP contribution < -0.4 is 0 Å². The van der Waals surface area contributed by atoms with Gasteiger partial charge in [-0.2, -0.15) is 0 Å². The Hall–Kier alpha value is 0.410. The fraction of sp³-hybridized carbons (Fsp3) is 1.00. The van der Waals surface area contributed by atoms with E-state index in [9.17, 15) is 13.7 Å². The number of methoxy groups -OCH3 is 2. The van der Waals surface area contributed by atoms with Crippen molar-refractivity contribution in [2.75, 3.05) is 60.9 Å². The summed E-state index contributed by atoms with van der Waals surface area (Å²) in [5, 5.41) is 0. The van der Waals surface area contributed by atoms with Gasteiger partial charge in [0.2, 0.25) is 0 Å². The molecule has 10 nitrogen and oxygen atoms in total. The van der Waals surface area contributed by atoms with Gasteiger partial charge in [0, 0.05) is 54.1 Å². The number of hydrogen-bond donors (Lipinski definition) is 3. The van der Waals surface area contributed by atoms with Crippen molar-refractivity contribution >= 4 is 22.6 Å². The van der Waals surface area contributed by atoms with Crippen molar-refractivity contribution in [1.29, 1.82) is 0 Å². The van der Waals surface area contributed by atoms with Crippen LogP contribution in [0.25, 0.3) is 0 Å². The maximum atomic E-state index is 10.2. The van der Waals surface area contributed by atoms with Crippen LogP contribution in [-0.2, 0) is 32.2 Å². The van der Waals surface area contributed by atoms with Crippen LogP contribution in [0.3, 0.4) is 0 Å². The minimum absolute atomic E-state index is 0.135. The van der Waals surface area contributed by atoms with Crippen molar-refractivity contribution in [3.05, 3.63) is 0 Å². The van der Waals surface area contributed by atoms with E-state index in [1.807, 2.05) is 6.92 Å². The molecule has 3 atom stereocenters. The van der Waals surface area contributed by atoms with Crippen molar-refractivity contribution in [3.8, 4) is 0 Å². The molecule has 0 saturated heterocycles. The van der Waals surface area contributed by atoms with E-state index in [-0.39, 0.29) is 6.79 Å². The molecule has 0 radical (unpaired) electrons. The Morgan fingerprint density at radius 1 is 0.792 bits per heavy atom. The van der Waals surface area contributed by atoms with E-state index in [2.05, 4.69) is 18.5 Å². The molecule has 0 aliphatic rings. The molecular formula is C11H33O10P3. The molecule has 13 heteroatoms. The summed E-state index contributed by atoms with van der Waals surface area (Å²) in [7, 11) is -4.84. The Bertz CT molecular complexity index is 360. The molecule has 0 amide bonds. The van der Waals surface area contributed by atoms with Crippen LogP contribution in [0.5, 0.6) is 0 Å². The maximum Gasteiger partial charge on any atom is 0.327 e. The van der Waals surface area contributed by atoms with Gasteiger partial charge in [-0.25, -0.2) is 0 Å². The Labute approximate surface area is 145 Å². The zero-order chi connectivity index (χ0) is 20.4. The van der Waals surface area contributed by atoms with E-state index in [0.29, 0.717) is 6.16 Å². The highest BCUT2D eigenvalue weighted by Gasteiger charge is 2.07. The summed E-state index contributed by atoms with van der Waals surface area (Å²) in [5.41, 5.74) is 0. The molecule has 3 unspecified atom stereocenters. The lowest BCUT2D eigenvalue weighted by Crippen LogP contribution is -1.92. The molecule has 0 spiro atoms. The summed E-state index contributed by atoms with van der Waals surface area (Å²) >= 11 is 0. The summed E-state index contributed by atoms with van der Waals surface area (Å²) in [4.78, 5) is 24.9. The average Bonchev–Trinajstić information content (AvgIpc) is 2.44. The van der Waals surface area contributed by atoms with Crippen LogP contribution in [-0.4, -0.2) is 75.6 Å². The lowest BCUT2D eigenvalue weighted by Gasteiger charge is -2.03. The second kappa shape index (κ2) is 18.2. The summed E-state index contributed by atoms with van der Waals surface area (Å²) in [5.74, 6) is 0. The summed E-state index contributed by atoms with van der Waals surface area (Å²) < 4.78 is 47.5. The highest BCUT2D eigenvalue weighted by atomic mass is 31.2. The normalized spacial score (nSPS) is 17.1. The first-order chi connectivity index (χ1) is 10.6. The molecule has 0 heterocycles. The zero-order valence-electron chi connectivity index (χ0n) is 15.7. The number of rotatable bonds is 6. The van der Waals surface area contributed by atoms with Gasteiger partial charge in [-0.3, -0.25) is 18.2 Å². The van der Waals surface area contributed by atoms with Crippen molar-refractivity contribution in [3.63, 3.8) is 0 Å². The van der Waals surface area contributed by atoms with Gasteiger partial charge in [0.1, 0.15) is 0 Å². The second-order valence-electron chi connectivity index (χ2n) is 4.27. The molecule has 0 aliphatic carbocycles. The fourth-order valence-corrected chi connectivity index (χ4v) is 0.451. The second-order valence-corrected chi connectivity index (χ2v) is 10.8. The van der Waals surface area contributed by atoms with E-state index in [1.165, 1.54) is 20.9 Å². The zero-order valence-corrected chi connectivity index (χ0v) is 18.3.